The van der Waals surface area contributed by atoms with Crippen molar-refractivity contribution in [1.29, 1.82) is 0 Å². The van der Waals surface area contributed by atoms with E-state index >= 15 is 0 Å². The van der Waals surface area contributed by atoms with Gasteiger partial charge in [-0.1, -0.05) is 55.8 Å². The lowest BCUT2D eigenvalue weighted by Gasteiger charge is -2.13. The average Bonchev–Trinajstić information content (AvgIpc) is 2.53. The van der Waals surface area contributed by atoms with Crippen LogP contribution in [0.5, 0.6) is 0 Å². The monoisotopic (exact) mass is 268 g/mol. The third-order valence-corrected chi connectivity index (χ3v) is 3.78. The van der Waals surface area contributed by atoms with E-state index in [1.165, 1.54) is 16.8 Å². The van der Waals surface area contributed by atoms with Crippen molar-refractivity contribution in [2.75, 3.05) is 18.4 Å². The molecule has 106 valence electrons. The Hall–Kier alpha value is -1.80. The number of rotatable bonds is 7. The van der Waals surface area contributed by atoms with E-state index in [-0.39, 0.29) is 0 Å². The van der Waals surface area contributed by atoms with Gasteiger partial charge in [0.15, 0.2) is 0 Å². The molecule has 0 aliphatic carbocycles. The first-order valence-electron chi connectivity index (χ1n) is 7.43. The Morgan fingerprint density at radius 2 is 1.60 bits per heavy atom. The van der Waals surface area contributed by atoms with Gasteiger partial charge in [0.25, 0.3) is 0 Å². The second-order valence-corrected chi connectivity index (χ2v) is 5.17. The molecular weight excluding hydrogens is 244 g/mol. The summed E-state index contributed by atoms with van der Waals surface area (Å²) in [6, 6.07) is 19.1. The SMILES string of the molecule is CCC(CN)CCNc1ccc(-c2ccccc2)cc1. The molecule has 2 heteroatoms. The smallest absolute Gasteiger partial charge is 0.0340 e. The highest BCUT2D eigenvalue weighted by atomic mass is 14.9. The molecule has 0 bridgehead atoms. The Labute approximate surface area is 122 Å². The van der Waals surface area contributed by atoms with Gasteiger partial charge >= 0.3 is 0 Å². The molecule has 0 heterocycles. The third-order valence-electron chi connectivity index (χ3n) is 3.78. The zero-order valence-corrected chi connectivity index (χ0v) is 12.2. The van der Waals surface area contributed by atoms with Crippen LogP contribution in [0.15, 0.2) is 54.6 Å². The topological polar surface area (TPSA) is 38.0 Å². The number of nitrogens with two attached hydrogens (primary N) is 1. The highest BCUT2D eigenvalue weighted by Crippen LogP contribution is 2.21. The number of hydrogen-bond acceptors (Lipinski definition) is 2. The normalized spacial score (nSPS) is 12.1. The van der Waals surface area contributed by atoms with E-state index in [1.807, 2.05) is 6.07 Å². The Balaban J connectivity index is 1.89. The maximum Gasteiger partial charge on any atom is 0.0340 e. The van der Waals surface area contributed by atoms with Crippen molar-refractivity contribution in [3.8, 4) is 11.1 Å². The second kappa shape index (κ2) is 7.71. The van der Waals surface area contributed by atoms with E-state index in [4.69, 9.17) is 5.73 Å². The fraction of sp³-hybridized carbons (Fsp3) is 0.333. The molecule has 0 saturated carbocycles. The summed E-state index contributed by atoms with van der Waals surface area (Å²) in [5, 5.41) is 3.47. The van der Waals surface area contributed by atoms with Gasteiger partial charge in [-0.05, 0) is 42.1 Å². The van der Waals surface area contributed by atoms with E-state index in [9.17, 15) is 0 Å². The van der Waals surface area contributed by atoms with Gasteiger partial charge in [0, 0.05) is 12.2 Å². The van der Waals surface area contributed by atoms with Crippen LogP contribution in [0.1, 0.15) is 19.8 Å². The van der Waals surface area contributed by atoms with Gasteiger partial charge in [-0.3, -0.25) is 0 Å². The number of hydrogen-bond donors (Lipinski definition) is 2. The molecule has 3 N–H and O–H groups in total. The van der Waals surface area contributed by atoms with Crippen molar-refractivity contribution in [1.82, 2.24) is 0 Å². The quantitative estimate of drug-likeness (QED) is 0.792. The van der Waals surface area contributed by atoms with Gasteiger partial charge in [0.2, 0.25) is 0 Å². The molecule has 1 atom stereocenters. The van der Waals surface area contributed by atoms with Crippen molar-refractivity contribution in [3.63, 3.8) is 0 Å². The average molecular weight is 268 g/mol. The van der Waals surface area contributed by atoms with Crippen LogP contribution in [0.25, 0.3) is 11.1 Å². The number of anilines is 1. The lowest BCUT2D eigenvalue weighted by molar-refractivity contribution is 0.495. The molecule has 2 nitrogen and oxygen atoms in total. The van der Waals surface area contributed by atoms with E-state index in [0.717, 1.165) is 25.9 Å². The molecule has 0 spiro atoms. The van der Waals surface area contributed by atoms with Gasteiger partial charge in [0.1, 0.15) is 0 Å². The molecule has 20 heavy (non-hydrogen) atoms. The van der Waals surface area contributed by atoms with Gasteiger partial charge in [0.05, 0.1) is 0 Å². The highest BCUT2D eigenvalue weighted by Gasteiger charge is 2.03. The summed E-state index contributed by atoms with van der Waals surface area (Å²) in [5.74, 6) is 0.631. The molecule has 2 aromatic rings. The lowest BCUT2D eigenvalue weighted by Crippen LogP contribution is -2.17. The van der Waals surface area contributed by atoms with Crippen LogP contribution in [0.3, 0.4) is 0 Å². The van der Waals surface area contributed by atoms with Gasteiger partial charge in [-0.2, -0.15) is 0 Å². The number of benzene rings is 2. The second-order valence-electron chi connectivity index (χ2n) is 5.17. The van der Waals surface area contributed by atoms with Crippen LogP contribution in [0.4, 0.5) is 5.69 Å². The Bertz CT molecular complexity index is 487. The third kappa shape index (κ3) is 4.10. The van der Waals surface area contributed by atoms with E-state index in [1.54, 1.807) is 0 Å². The fourth-order valence-electron chi connectivity index (χ4n) is 2.32. The minimum Gasteiger partial charge on any atom is -0.385 e. The maximum atomic E-state index is 5.72. The molecule has 0 aliphatic rings. The van der Waals surface area contributed by atoms with Crippen molar-refractivity contribution in [2.45, 2.75) is 19.8 Å². The van der Waals surface area contributed by atoms with E-state index < -0.39 is 0 Å². The summed E-state index contributed by atoms with van der Waals surface area (Å²) >= 11 is 0. The van der Waals surface area contributed by atoms with Crippen molar-refractivity contribution in [2.24, 2.45) is 11.7 Å². The minimum atomic E-state index is 0.631. The lowest BCUT2D eigenvalue weighted by atomic mass is 10.0. The van der Waals surface area contributed by atoms with Crippen molar-refractivity contribution in [3.05, 3.63) is 54.6 Å². The first kappa shape index (κ1) is 14.6. The van der Waals surface area contributed by atoms with Crippen LogP contribution in [0, 0.1) is 5.92 Å². The van der Waals surface area contributed by atoms with Crippen LogP contribution in [-0.2, 0) is 0 Å². The Morgan fingerprint density at radius 1 is 0.950 bits per heavy atom. The molecule has 0 aromatic heterocycles. The summed E-state index contributed by atoms with van der Waals surface area (Å²) in [5.41, 5.74) is 9.41. The van der Waals surface area contributed by atoms with E-state index in [2.05, 4.69) is 60.8 Å². The van der Waals surface area contributed by atoms with Crippen LogP contribution < -0.4 is 11.1 Å². The van der Waals surface area contributed by atoms with Crippen LogP contribution in [-0.4, -0.2) is 13.1 Å². The van der Waals surface area contributed by atoms with Crippen LogP contribution >= 0.6 is 0 Å². The van der Waals surface area contributed by atoms with Gasteiger partial charge in [-0.15, -0.1) is 0 Å². The highest BCUT2D eigenvalue weighted by molar-refractivity contribution is 5.65. The van der Waals surface area contributed by atoms with Gasteiger partial charge in [-0.25, -0.2) is 0 Å². The fourth-order valence-corrected chi connectivity index (χ4v) is 2.32. The van der Waals surface area contributed by atoms with Crippen molar-refractivity contribution >= 4 is 5.69 Å². The summed E-state index contributed by atoms with van der Waals surface area (Å²) in [6.45, 7) is 3.97. The summed E-state index contributed by atoms with van der Waals surface area (Å²) in [4.78, 5) is 0. The Kier molecular flexibility index (Phi) is 5.63. The van der Waals surface area contributed by atoms with Gasteiger partial charge < -0.3 is 11.1 Å². The summed E-state index contributed by atoms with van der Waals surface area (Å²) < 4.78 is 0. The Morgan fingerprint density at radius 3 is 2.20 bits per heavy atom. The molecule has 2 rings (SSSR count). The molecule has 1 unspecified atom stereocenters. The molecule has 0 radical (unpaired) electrons. The molecule has 0 saturated heterocycles. The molecule has 0 aliphatic heterocycles. The number of nitrogens with one attached hydrogen (secondary N) is 1. The molecule has 0 amide bonds. The minimum absolute atomic E-state index is 0.631. The first-order chi connectivity index (χ1) is 9.83. The maximum absolute atomic E-state index is 5.72. The van der Waals surface area contributed by atoms with Crippen LogP contribution in [0.2, 0.25) is 0 Å². The summed E-state index contributed by atoms with van der Waals surface area (Å²) in [6.07, 6.45) is 2.29. The van der Waals surface area contributed by atoms with Crippen molar-refractivity contribution < 1.29 is 0 Å². The molecular formula is C18H24N2. The predicted molar refractivity (Wildman–Crippen MR) is 87.8 cm³/mol. The zero-order chi connectivity index (χ0) is 14.2. The predicted octanol–water partition coefficient (Wildman–Crippen LogP) is 4.14. The summed E-state index contributed by atoms with van der Waals surface area (Å²) in [7, 11) is 0. The zero-order valence-electron chi connectivity index (χ0n) is 12.2. The van der Waals surface area contributed by atoms with E-state index in [0.29, 0.717) is 5.92 Å². The first-order valence-corrected chi connectivity index (χ1v) is 7.43. The molecule has 2 aromatic carbocycles. The largest absolute Gasteiger partial charge is 0.385 e. The molecule has 0 fully saturated rings. The standard InChI is InChI=1S/C18H24N2/c1-2-15(14-19)12-13-20-18-10-8-17(9-11-18)16-6-4-3-5-7-16/h3-11,15,20H,2,12-14,19H2,1H3.